The molecule has 0 amide bonds. The molecular formula is C18H37O3S. The zero-order chi connectivity index (χ0) is 16.5. The first-order valence-corrected chi connectivity index (χ1v) is 10.9. The van der Waals surface area contributed by atoms with Crippen molar-refractivity contribution < 1.29 is 13.0 Å². The van der Waals surface area contributed by atoms with Gasteiger partial charge in [-0.25, -0.2) is 0 Å². The van der Waals surface area contributed by atoms with Crippen LogP contribution >= 0.6 is 0 Å². The summed E-state index contributed by atoms with van der Waals surface area (Å²) in [5.41, 5.74) is 0. The molecule has 0 aliphatic heterocycles. The van der Waals surface area contributed by atoms with E-state index in [2.05, 4.69) is 6.92 Å². The van der Waals surface area contributed by atoms with E-state index in [4.69, 9.17) is 4.55 Å². The highest BCUT2D eigenvalue weighted by atomic mass is 32.2. The zero-order valence-electron chi connectivity index (χ0n) is 14.4. The molecule has 0 saturated heterocycles. The maximum Gasteiger partial charge on any atom is 0.264 e. The van der Waals surface area contributed by atoms with Crippen LogP contribution in [-0.2, 0) is 10.1 Å². The first kappa shape index (κ1) is 21.9. The summed E-state index contributed by atoms with van der Waals surface area (Å²) in [6.07, 6.45) is 19.7. The van der Waals surface area contributed by atoms with Crippen LogP contribution in [0.15, 0.2) is 0 Å². The Morgan fingerprint density at radius 2 is 0.818 bits per heavy atom. The lowest BCUT2D eigenvalue weighted by Gasteiger charge is -2.03. The van der Waals surface area contributed by atoms with E-state index in [1.54, 1.807) is 0 Å². The zero-order valence-corrected chi connectivity index (χ0v) is 15.2. The highest BCUT2D eigenvalue weighted by Gasteiger charge is 2.02. The van der Waals surface area contributed by atoms with Gasteiger partial charge in [-0.15, -0.1) is 0 Å². The molecule has 0 aliphatic rings. The number of unbranched alkanes of at least 4 members (excludes halogenated alkanes) is 15. The van der Waals surface area contributed by atoms with E-state index in [1.807, 2.05) is 0 Å². The van der Waals surface area contributed by atoms with Crippen molar-refractivity contribution in [1.82, 2.24) is 0 Å². The fraction of sp³-hybridized carbons (Fsp3) is 0.944. The van der Waals surface area contributed by atoms with Crippen LogP contribution in [0.4, 0.5) is 0 Å². The first-order chi connectivity index (χ1) is 10.6. The highest BCUT2D eigenvalue weighted by molar-refractivity contribution is 7.85. The van der Waals surface area contributed by atoms with E-state index in [9.17, 15) is 8.42 Å². The van der Waals surface area contributed by atoms with Crippen molar-refractivity contribution in [2.45, 2.75) is 103 Å². The molecule has 0 fully saturated rings. The average Bonchev–Trinajstić information content (AvgIpc) is 2.45. The Morgan fingerprint density at radius 1 is 0.545 bits per heavy atom. The lowest BCUT2D eigenvalue weighted by Crippen LogP contribution is -2.03. The lowest BCUT2D eigenvalue weighted by molar-refractivity contribution is 0.478. The van der Waals surface area contributed by atoms with E-state index in [0.29, 0.717) is 6.42 Å². The van der Waals surface area contributed by atoms with Gasteiger partial charge in [-0.3, -0.25) is 4.55 Å². The highest BCUT2D eigenvalue weighted by Crippen LogP contribution is 2.13. The van der Waals surface area contributed by atoms with Crippen LogP contribution in [0.25, 0.3) is 0 Å². The molecule has 4 heteroatoms. The van der Waals surface area contributed by atoms with Gasteiger partial charge in [0.1, 0.15) is 0 Å². The average molecular weight is 334 g/mol. The molecule has 0 aromatic rings. The molecule has 0 aromatic carbocycles. The maximum absolute atomic E-state index is 10.5. The van der Waals surface area contributed by atoms with Gasteiger partial charge in [0.05, 0.1) is 5.75 Å². The van der Waals surface area contributed by atoms with Gasteiger partial charge in [0.25, 0.3) is 10.1 Å². The minimum absolute atomic E-state index is 0.0810. The molecule has 1 N–H and O–H groups in total. The molecule has 133 valence electrons. The Hall–Kier alpha value is -0.0900. The second kappa shape index (κ2) is 15.8. The molecule has 3 nitrogen and oxygen atoms in total. The number of hydrogen-bond donors (Lipinski definition) is 1. The molecule has 0 spiro atoms. The molecule has 0 bridgehead atoms. The fourth-order valence-electron chi connectivity index (χ4n) is 2.76. The molecule has 0 atom stereocenters. The molecule has 0 saturated carbocycles. The minimum atomic E-state index is -3.75. The third-order valence-corrected chi connectivity index (χ3v) is 4.96. The van der Waals surface area contributed by atoms with Crippen LogP contribution < -0.4 is 0 Å². The summed E-state index contributed by atoms with van der Waals surface area (Å²) >= 11 is 0. The molecule has 0 aliphatic carbocycles. The molecule has 0 aromatic heterocycles. The van der Waals surface area contributed by atoms with E-state index < -0.39 is 10.1 Å². The summed E-state index contributed by atoms with van der Waals surface area (Å²) in [5, 5.41) is 0. The lowest BCUT2D eigenvalue weighted by atomic mass is 10.0. The third kappa shape index (κ3) is 19.9. The summed E-state index contributed by atoms with van der Waals surface area (Å²) in [4.78, 5) is 0. The Balaban J connectivity index is 3.03. The van der Waals surface area contributed by atoms with Gasteiger partial charge in [-0.1, -0.05) is 103 Å². The van der Waals surface area contributed by atoms with Crippen molar-refractivity contribution in [3.05, 3.63) is 6.92 Å². The molecule has 22 heavy (non-hydrogen) atoms. The van der Waals surface area contributed by atoms with Crippen LogP contribution in [0.3, 0.4) is 0 Å². The number of hydrogen-bond acceptors (Lipinski definition) is 2. The molecular weight excluding hydrogens is 296 g/mol. The summed E-state index contributed by atoms with van der Waals surface area (Å²) in [6, 6.07) is 0. The predicted octanol–water partition coefficient (Wildman–Crippen LogP) is 5.95. The third-order valence-electron chi connectivity index (χ3n) is 4.15. The van der Waals surface area contributed by atoms with E-state index in [-0.39, 0.29) is 5.75 Å². The van der Waals surface area contributed by atoms with E-state index in [1.165, 1.54) is 77.0 Å². The van der Waals surface area contributed by atoms with Gasteiger partial charge in [0.15, 0.2) is 0 Å². The number of rotatable bonds is 17. The predicted molar refractivity (Wildman–Crippen MR) is 95.6 cm³/mol. The second-order valence-electron chi connectivity index (χ2n) is 6.44. The van der Waals surface area contributed by atoms with Gasteiger partial charge in [-0.05, 0) is 6.42 Å². The van der Waals surface area contributed by atoms with Crippen LogP contribution in [-0.4, -0.2) is 18.7 Å². The largest absolute Gasteiger partial charge is 0.286 e. The van der Waals surface area contributed by atoms with Crippen molar-refractivity contribution in [2.75, 3.05) is 5.75 Å². The van der Waals surface area contributed by atoms with Crippen LogP contribution in [0.5, 0.6) is 0 Å². The Labute approximate surface area is 139 Å². The Morgan fingerprint density at radius 3 is 1.09 bits per heavy atom. The molecule has 0 heterocycles. The van der Waals surface area contributed by atoms with Crippen LogP contribution in [0.1, 0.15) is 103 Å². The summed E-state index contributed by atoms with van der Waals surface area (Å²) in [7, 11) is -3.75. The summed E-state index contributed by atoms with van der Waals surface area (Å²) < 4.78 is 29.7. The maximum atomic E-state index is 10.5. The molecule has 1 radical (unpaired) electrons. The van der Waals surface area contributed by atoms with Gasteiger partial charge >= 0.3 is 0 Å². The van der Waals surface area contributed by atoms with E-state index >= 15 is 0 Å². The standard InChI is InChI=1S/C18H37O3S/c1-2-3-4-5-6-7-8-9-10-11-12-13-14-15-16-17-18-22(19,20)21/h1-18H2,(H,19,20,21). The SMILES string of the molecule is [CH2]CCCCCCCCCCCCCCCCCS(=O)(=O)O. The smallest absolute Gasteiger partial charge is 0.264 e. The molecule has 0 rings (SSSR count). The monoisotopic (exact) mass is 333 g/mol. The van der Waals surface area contributed by atoms with Gasteiger partial charge in [-0.2, -0.15) is 8.42 Å². The quantitative estimate of drug-likeness (QED) is 0.264. The minimum Gasteiger partial charge on any atom is -0.286 e. The van der Waals surface area contributed by atoms with Crippen molar-refractivity contribution in [3.8, 4) is 0 Å². The normalized spacial score (nSPS) is 11.9. The fourth-order valence-corrected chi connectivity index (χ4v) is 3.33. The topological polar surface area (TPSA) is 54.4 Å². The van der Waals surface area contributed by atoms with Crippen molar-refractivity contribution in [3.63, 3.8) is 0 Å². The van der Waals surface area contributed by atoms with Crippen LogP contribution in [0.2, 0.25) is 0 Å². The van der Waals surface area contributed by atoms with Crippen LogP contribution in [0, 0.1) is 6.92 Å². The van der Waals surface area contributed by atoms with Crippen molar-refractivity contribution in [1.29, 1.82) is 0 Å². The van der Waals surface area contributed by atoms with Gasteiger partial charge < -0.3 is 0 Å². The van der Waals surface area contributed by atoms with Gasteiger partial charge in [0, 0.05) is 0 Å². The first-order valence-electron chi connectivity index (χ1n) is 9.30. The van der Waals surface area contributed by atoms with Gasteiger partial charge in [0.2, 0.25) is 0 Å². The Kier molecular flexibility index (Phi) is 15.7. The summed E-state index contributed by atoms with van der Waals surface area (Å²) in [6.45, 7) is 3.86. The van der Waals surface area contributed by atoms with Crippen molar-refractivity contribution >= 4 is 10.1 Å². The van der Waals surface area contributed by atoms with E-state index in [0.717, 1.165) is 19.3 Å². The molecule has 0 unspecified atom stereocenters. The van der Waals surface area contributed by atoms with Crippen molar-refractivity contribution in [2.24, 2.45) is 0 Å². The summed E-state index contributed by atoms with van der Waals surface area (Å²) in [5.74, 6) is -0.0810. The Bertz CT molecular complexity index is 312. The second-order valence-corrected chi connectivity index (χ2v) is 8.01.